The van der Waals surface area contributed by atoms with Crippen molar-refractivity contribution in [1.82, 2.24) is 25.2 Å². The second-order valence-corrected chi connectivity index (χ2v) is 8.10. The van der Waals surface area contributed by atoms with Crippen molar-refractivity contribution in [3.05, 3.63) is 42.3 Å². The average Bonchev–Trinajstić information content (AvgIpc) is 3.38. The van der Waals surface area contributed by atoms with E-state index in [2.05, 4.69) is 20.4 Å². The molecular weight excluding hydrogens is 500 g/mol. The van der Waals surface area contributed by atoms with Gasteiger partial charge in [0.25, 0.3) is 6.43 Å². The summed E-state index contributed by atoms with van der Waals surface area (Å²) in [6.07, 6.45) is -6.06. The van der Waals surface area contributed by atoms with Crippen LogP contribution >= 0.6 is 7.82 Å². The maximum absolute atomic E-state index is 14.7. The molecule has 0 bridgehead atoms. The number of carbonyl (C=O) groups excluding carboxylic acids is 1. The van der Waals surface area contributed by atoms with E-state index in [1.807, 2.05) is 0 Å². The third-order valence-corrected chi connectivity index (χ3v) is 4.55. The Morgan fingerprint density at radius 2 is 1.89 bits per heavy atom. The van der Waals surface area contributed by atoms with E-state index in [4.69, 9.17) is 24.0 Å². The summed E-state index contributed by atoms with van der Waals surface area (Å²) in [7, 11) is -3.02. The smallest absolute Gasteiger partial charge is 0.441 e. The third kappa shape index (κ3) is 6.80. The van der Waals surface area contributed by atoms with Crippen LogP contribution in [0.25, 0.3) is 22.6 Å². The largest absolute Gasteiger partial charge is 0.466 e. The number of phosphoric acid groups is 1. The average molecular weight is 518 g/mol. The fraction of sp³-hybridized carbons (Fsp3) is 0.278. The summed E-state index contributed by atoms with van der Waals surface area (Å²) >= 11 is 0. The topological polar surface area (TPSA) is 184 Å². The Bertz CT molecular complexity index is 1230. The van der Waals surface area contributed by atoms with Crippen LogP contribution < -0.4 is 4.90 Å². The molecule has 2 unspecified atom stereocenters. The normalized spacial score (nSPS) is 16.7. The minimum Gasteiger partial charge on any atom is -0.441 e. The lowest BCUT2D eigenvalue weighted by Crippen LogP contribution is -2.36. The Hall–Kier alpha value is -3.43. The molecule has 35 heavy (non-hydrogen) atoms. The molecule has 3 aromatic rings. The van der Waals surface area contributed by atoms with Gasteiger partial charge in [-0.1, -0.05) is 6.07 Å². The Balaban J connectivity index is 0.000000623. The molecule has 13 nitrogen and oxygen atoms in total. The number of carbonyl (C=O) groups is 1. The van der Waals surface area contributed by atoms with Crippen LogP contribution in [-0.2, 0) is 16.3 Å². The van der Waals surface area contributed by atoms with Crippen LogP contribution in [-0.4, -0.2) is 76.2 Å². The first-order valence-electron chi connectivity index (χ1n) is 9.56. The molecule has 1 aliphatic heterocycles. The molecule has 188 valence electrons. The van der Waals surface area contributed by atoms with Crippen molar-refractivity contribution in [3.8, 4) is 22.6 Å². The molecule has 1 amide bonds. The molecule has 1 fully saturated rings. The van der Waals surface area contributed by atoms with Crippen molar-refractivity contribution >= 4 is 19.6 Å². The highest BCUT2D eigenvalue weighted by molar-refractivity contribution is 7.45. The van der Waals surface area contributed by atoms with Gasteiger partial charge in [0, 0.05) is 17.3 Å². The number of tetrazole rings is 1. The third-order valence-electron chi connectivity index (χ3n) is 4.55. The molecule has 2 aromatic heterocycles. The molecule has 0 radical (unpaired) electrons. The molecule has 4 rings (SSSR count). The Morgan fingerprint density at radius 3 is 2.40 bits per heavy atom. The van der Waals surface area contributed by atoms with E-state index in [1.54, 1.807) is 19.2 Å². The highest BCUT2D eigenvalue weighted by Gasteiger charge is 2.40. The number of hydrogen-bond donors (Lipinski definition) is 4. The minimum atomic E-state index is -4.64. The number of nitrogens with zero attached hydrogens (tertiary/aromatic N) is 6. The number of benzene rings is 1. The number of anilines is 1. The lowest BCUT2D eigenvalue weighted by Gasteiger charge is -2.16. The van der Waals surface area contributed by atoms with Gasteiger partial charge < -0.3 is 24.5 Å². The van der Waals surface area contributed by atoms with Crippen LogP contribution in [0.5, 0.6) is 0 Å². The lowest BCUT2D eigenvalue weighted by atomic mass is 10.1. The van der Waals surface area contributed by atoms with E-state index in [9.17, 15) is 23.1 Å². The minimum absolute atomic E-state index is 0.124. The van der Waals surface area contributed by atoms with Crippen LogP contribution in [0.1, 0.15) is 0 Å². The SMILES string of the molecule is Cn1nnc(-c2ccc(-c3ccc(N4CC(C(O)C(F)F)OC4=O)cc3F)cn2)n1.O=P(O)(O)O. The van der Waals surface area contributed by atoms with Gasteiger partial charge in [0.05, 0.1) is 19.3 Å². The van der Waals surface area contributed by atoms with Crippen molar-refractivity contribution in [3.63, 3.8) is 0 Å². The molecule has 1 saturated heterocycles. The van der Waals surface area contributed by atoms with Crippen LogP contribution in [0.2, 0.25) is 0 Å². The number of aliphatic hydroxyl groups is 1. The van der Waals surface area contributed by atoms with Gasteiger partial charge >= 0.3 is 13.9 Å². The van der Waals surface area contributed by atoms with E-state index in [0.29, 0.717) is 17.1 Å². The number of pyridine rings is 1. The van der Waals surface area contributed by atoms with Crippen LogP contribution in [0.4, 0.5) is 23.7 Å². The van der Waals surface area contributed by atoms with E-state index in [1.165, 1.54) is 23.1 Å². The fourth-order valence-electron chi connectivity index (χ4n) is 3.01. The number of ether oxygens (including phenoxy) is 1. The Morgan fingerprint density at radius 1 is 1.20 bits per heavy atom. The number of rotatable bonds is 5. The van der Waals surface area contributed by atoms with Gasteiger partial charge in [0.2, 0.25) is 5.82 Å². The highest BCUT2D eigenvalue weighted by atomic mass is 31.2. The van der Waals surface area contributed by atoms with E-state index in [0.717, 1.165) is 11.0 Å². The van der Waals surface area contributed by atoms with Gasteiger partial charge in [0.1, 0.15) is 11.5 Å². The predicted octanol–water partition coefficient (Wildman–Crippen LogP) is 1.10. The molecule has 2 atom stereocenters. The van der Waals surface area contributed by atoms with Gasteiger partial charge in [-0.05, 0) is 29.5 Å². The van der Waals surface area contributed by atoms with Crippen LogP contribution in [0.3, 0.4) is 0 Å². The Kier molecular flexibility index (Phi) is 7.82. The number of cyclic esters (lactones) is 1. The Labute approximate surface area is 194 Å². The number of aryl methyl sites for hydroxylation is 1. The fourth-order valence-corrected chi connectivity index (χ4v) is 3.01. The summed E-state index contributed by atoms with van der Waals surface area (Å²) in [6.45, 7) is -0.315. The zero-order valence-electron chi connectivity index (χ0n) is 17.7. The van der Waals surface area contributed by atoms with Crippen LogP contribution in [0, 0.1) is 5.82 Å². The maximum Gasteiger partial charge on any atom is 0.466 e. The first-order chi connectivity index (χ1) is 16.3. The highest BCUT2D eigenvalue weighted by Crippen LogP contribution is 2.30. The first-order valence-corrected chi connectivity index (χ1v) is 11.1. The van der Waals surface area contributed by atoms with Gasteiger partial charge in [-0.3, -0.25) is 9.88 Å². The maximum atomic E-state index is 14.7. The summed E-state index contributed by atoms with van der Waals surface area (Å²) < 4.78 is 53.6. The van der Waals surface area contributed by atoms with E-state index < -0.39 is 38.4 Å². The first kappa shape index (κ1) is 26.2. The number of aromatic nitrogens is 5. The van der Waals surface area contributed by atoms with Crippen LogP contribution in [0.15, 0.2) is 36.5 Å². The second kappa shape index (κ2) is 10.5. The number of amides is 1. The van der Waals surface area contributed by atoms with E-state index >= 15 is 0 Å². The van der Waals surface area contributed by atoms with Crippen molar-refractivity contribution in [1.29, 1.82) is 0 Å². The zero-order chi connectivity index (χ0) is 25.9. The summed E-state index contributed by atoms with van der Waals surface area (Å²) in [6, 6.07) is 7.23. The summed E-state index contributed by atoms with van der Waals surface area (Å²) in [4.78, 5) is 40.0. The lowest BCUT2D eigenvalue weighted by molar-refractivity contribution is -0.0641. The molecule has 4 N–H and O–H groups in total. The predicted molar refractivity (Wildman–Crippen MR) is 111 cm³/mol. The number of alkyl halides is 2. The standard InChI is InChI=1S/C18H15F3N6O3.H3O4P/c1-26-24-17(23-25-26)13-5-2-9(7-22-13)11-4-3-10(6-12(11)19)27-8-14(30-18(27)29)15(28)16(20)21;1-5(2,3)4/h2-7,14-16,28H,8H2,1H3;(H3,1,2,3,4). The quantitative estimate of drug-likeness (QED) is 0.355. The molecule has 3 heterocycles. The summed E-state index contributed by atoms with van der Waals surface area (Å²) in [5.74, 6) is -0.321. The van der Waals surface area contributed by atoms with Crippen molar-refractivity contribution in [2.75, 3.05) is 11.4 Å². The molecule has 17 heteroatoms. The molecule has 1 aliphatic rings. The van der Waals surface area contributed by atoms with E-state index in [-0.39, 0.29) is 17.8 Å². The van der Waals surface area contributed by atoms with Crippen molar-refractivity contribution in [2.45, 2.75) is 18.6 Å². The van der Waals surface area contributed by atoms with Gasteiger partial charge in [-0.2, -0.15) is 4.80 Å². The second-order valence-electron chi connectivity index (χ2n) is 7.07. The molecule has 0 saturated carbocycles. The molecule has 0 spiro atoms. The molecular formula is C18H18F3N6O7P. The zero-order valence-corrected chi connectivity index (χ0v) is 18.6. The number of aliphatic hydroxyl groups excluding tert-OH is 1. The molecule has 1 aromatic carbocycles. The van der Waals surface area contributed by atoms with Gasteiger partial charge in [-0.25, -0.2) is 22.5 Å². The van der Waals surface area contributed by atoms with Crippen molar-refractivity contribution in [2.24, 2.45) is 7.05 Å². The number of halogens is 3. The van der Waals surface area contributed by atoms with Gasteiger partial charge in [0.15, 0.2) is 12.2 Å². The van der Waals surface area contributed by atoms with Gasteiger partial charge in [-0.15, -0.1) is 10.2 Å². The molecule has 0 aliphatic carbocycles. The summed E-state index contributed by atoms with van der Waals surface area (Å²) in [5.41, 5.74) is 1.29. The number of hydrogen-bond acceptors (Lipinski definition) is 8. The monoisotopic (exact) mass is 518 g/mol. The summed E-state index contributed by atoms with van der Waals surface area (Å²) in [5, 5.41) is 21.0. The van der Waals surface area contributed by atoms with Crippen molar-refractivity contribution < 1.29 is 47.1 Å².